The van der Waals surface area contributed by atoms with Gasteiger partial charge < -0.3 is 14.6 Å². The molecule has 1 aromatic carbocycles. The van der Waals surface area contributed by atoms with Crippen molar-refractivity contribution in [2.75, 3.05) is 13.7 Å². The summed E-state index contributed by atoms with van der Waals surface area (Å²) in [6, 6.07) is 8.26. The molecule has 23 heavy (non-hydrogen) atoms. The predicted molar refractivity (Wildman–Crippen MR) is 85.5 cm³/mol. The van der Waals surface area contributed by atoms with Crippen LogP contribution in [-0.2, 0) is 11.3 Å². The van der Waals surface area contributed by atoms with Crippen LogP contribution < -0.4 is 10.3 Å². The average Bonchev–Trinajstić information content (AvgIpc) is 2.55. The molecular formula is C15H15BrN2O5. The number of hydrogen-bond donors (Lipinski definition) is 1. The molecule has 0 aliphatic rings. The first-order valence-corrected chi connectivity index (χ1v) is 7.51. The number of carbonyl (C=O) groups excluding carboxylic acids is 1. The molecule has 1 aromatic heterocycles. The van der Waals surface area contributed by atoms with E-state index in [1.54, 1.807) is 12.1 Å². The monoisotopic (exact) mass is 382 g/mol. The highest BCUT2D eigenvalue weighted by molar-refractivity contribution is 9.10. The van der Waals surface area contributed by atoms with Gasteiger partial charge in [0.15, 0.2) is 0 Å². The van der Waals surface area contributed by atoms with Gasteiger partial charge >= 0.3 is 5.97 Å². The van der Waals surface area contributed by atoms with E-state index in [4.69, 9.17) is 4.74 Å². The van der Waals surface area contributed by atoms with E-state index < -0.39 is 17.6 Å². The number of aliphatic hydroxyl groups is 1. The lowest BCUT2D eigenvalue weighted by Crippen LogP contribution is -2.32. The Labute approximate surface area is 140 Å². The number of benzene rings is 1. The van der Waals surface area contributed by atoms with Crippen LogP contribution >= 0.6 is 15.9 Å². The van der Waals surface area contributed by atoms with E-state index in [9.17, 15) is 14.7 Å². The van der Waals surface area contributed by atoms with Crippen molar-refractivity contribution in [1.29, 1.82) is 0 Å². The van der Waals surface area contributed by atoms with Gasteiger partial charge in [0, 0.05) is 10.5 Å². The summed E-state index contributed by atoms with van der Waals surface area (Å²) in [5, 5.41) is 13.8. The van der Waals surface area contributed by atoms with Crippen molar-refractivity contribution < 1.29 is 19.4 Å². The summed E-state index contributed by atoms with van der Waals surface area (Å²) in [5.41, 5.74) is -0.440. The van der Waals surface area contributed by atoms with Crippen LogP contribution in [0.25, 0.3) is 0 Å². The summed E-state index contributed by atoms with van der Waals surface area (Å²) in [5.74, 6) is -0.0329. The molecule has 1 N–H and O–H groups in total. The third-order valence-corrected chi connectivity index (χ3v) is 3.46. The van der Waals surface area contributed by atoms with Crippen LogP contribution in [0.15, 0.2) is 45.8 Å². The predicted octanol–water partition coefficient (Wildman–Crippen LogP) is 1.23. The van der Waals surface area contributed by atoms with Crippen molar-refractivity contribution in [2.45, 2.75) is 12.6 Å². The van der Waals surface area contributed by atoms with Crippen LogP contribution in [0.1, 0.15) is 10.4 Å². The molecule has 0 aliphatic carbocycles. The number of nitrogens with zero attached hydrogens (tertiary/aromatic N) is 2. The molecule has 122 valence electrons. The zero-order valence-electron chi connectivity index (χ0n) is 12.3. The van der Waals surface area contributed by atoms with Crippen molar-refractivity contribution in [3.05, 3.63) is 56.9 Å². The fraction of sp³-hybridized carbons (Fsp3) is 0.267. The van der Waals surface area contributed by atoms with Gasteiger partial charge in [0.05, 0.1) is 25.4 Å². The minimum absolute atomic E-state index is 0.00844. The normalized spacial score (nSPS) is 11.8. The Hall–Kier alpha value is -2.19. The van der Waals surface area contributed by atoms with E-state index in [0.29, 0.717) is 5.75 Å². The molecule has 0 amide bonds. The van der Waals surface area contributed by atoms with Gasteiger partial charge in [-0.1, -0.05) is 15.9 Å². The number of methoxy groups -OCH3 is 1. The quantitative estimate of drug-likeness (QED) is 0.755. The molecule has 0 saturated heterocycles. The van der Waals surface area contributed by atoms with Gasteiger partial charge in [-0.15, -0.1) is 0 Å². The fourth-order valence-electron chi connectivity index (χ4n) is 1.78. The van der Waals surface area contributed by atoms with Crippen molar-refractivity contribution in [3.8, 4) is 5.75 Å². The highest BCUT2D eigenvalue weighted by Gasteiger charge is 2.12. The molecule has 1 unspecified atom stereocenters. The minimum Gasteiger partial charge on any atom is -0.491 e. The Morgan fingerprint density at radius 1 is 1.39 bits per heavy atom. The lowest BCUT2D eigenvalue weighted by molar-refractivity contribution is 0.0599. The van der Waals surface area contributed by atoms with Crippen LogP contribution in [0.4, 0.5) is 0 Å². The Bertz CT molecular complexity index is 729. The molecule has 0 radical (unpaired) electrons. The van der Waals surface area contributed by atoms with Gasteiger partial charge in [0.2, 0.25) is 0 Å². The highest BCUT2D eigenvalue weighted by atomic mass is 79.9. The van der Waals surface area contributed by atoms with Crippen LogP contribution in [-0.4, -0.2) is 40.7 Å². The third kappa shape index (κ3) is 4.90. The van der Waals surface area contributed by atoms with E-state index in [2.05, 4.69) is 25.8 Å². The first kappa shape index (κ1) is 17.2. The number of carbonyl (C=O) groups is 1. The SMILES string of the molecule is COC(=O)c1cnn(CC(O)COc2ccc(Br)cc2)c(=O)c1. The Kier molecular flexibility index (Phi) is 5.89. The Morgan fingerprint density at radius 3 is 2.70 bits per heavy atom. The fourth-order valence-corrected chi connectivity index (χ4v) is 2.04. The summed E-state index contributed by atoms with van der Waals surface area (Å²) in [4.78, 5) is 23.1. The molecule has 2 aromatic rings. The molecule has 0 saturated carbocycles. The van der Waals surface area contributed by atoms with E-state index in [0.717, 1.165) is 15.2 Å². The van der Waals surface area contributed by atoms with Crippen LogP contribution in [0.3, 0.4) is 0 Å². The van der Waals surface area contributed by atoms with Gasteiger partial charge in [-0.3, -0.25) is 4.79 Å². The van der Waals surface area contributed by atoms with Crippen molar-refractivity contribution in [2.24, 2.45) is 0 Å². The van der Waals surface area contributed by atoms with E-state index in [1.165, 1.54) is 13.3 Å². The number of aliphatic hydroxyl groups excluding tert-OH is 1. The second-order valence-corrected chi connectivity index (χ2v) is 5.59. The van der Waals surface area contributed by atoms with Gasteiger partial charge in [0.25, 0.3) is 5.56 Å². The minimum atomic E-state index is -0.923. The standard InChI is InChI=1S/C15H15BrN2O5/c1-22-15(21)10-6-14(20)18(17-7-10)8-12(19)9-23-13-4-2-11(16)3-5-13/h2-7,12,19H,8-9H2,1H3. The molecule has 0 spiro atoms. The maximum atomic E-state index is 11.8. The zero-order valence-corrected chi connectivity index (χ0v) is 13.9. The Morgan fingerprint density at radius 2 is 2.09 bits per heavy atom. The molecule has 0 fully saturated rings. The molecule has 0 bridgehead atoms. The van der Waals surface area contributed by atoms with Crippen LogP contribution in [0, 0.1) is 0 Å². The number of halogens is 1. The second-order valence-electron chi connectivity index (χ2n) is 4.67. The van der Waals surface area contributed by atoms with E-state index >= 15 is 0 Å². The largest absolute Gasteiger partial charge is 0.491 e. The smallest absolute Gasteiger partial charge is 0.339 e. The molecule has 1 heterocycles. The topological polar surface area (TPSA) is 90.7 Å². The number of ether oxygens (including phenoxy) is 2. The van der Waals surface area contributed by atoms with E-state index in [1.807, 2.05) is 12.1 Å². The lowest BCUT2D eigenvalue weighted by Gasteiger charge is -2.13. The number of rotatable bonds is 6. The van der Waals surface area contributed by atoms with Crippen molar-refractivity contribution in [1.82, 2.24) is 9.78 Å². The molecule has 0 aliphatic heterocycles. The first-order chi connectivity index (χ1) is 11.0. The van der Waals surface area contributed by atoms with Gasteiger partial charge in [0.1, 0.15) is 18.5 Å². The maximum Gasteiger partial charge on any atom is 0.339 e. The average molecular weight is 383 g/mol. The number of aromatic nitrogens is 2. The van der Waals surface area contributed by atoms with E-state index in [-0.39, 0.29) is 18.7 Å². The van der Waals surface area contributed by atoms with Crippen molar-refractivity contribution >= 4 is 21.9 Å². The molecule has 2 rings (SSSR count). The second kappa shape index (κ2) is 7.89. The maximum absolute atomic E-state index is 11.8. The molecular weight excluding hydrogens is 368 g/mol. The third-order valence-electron chi connectivity index (χ3n) is 2.93. The summed E-state index contributed by atoms with van der Waals surface area (Å²) in [6.45, 7) is -0.0364. The summed E-state index contributed by atoms with van der Waals surface area (Å²) in [7, 11) is 1.22. The Balaban J connectivity index is 1.94. The first-order valence-electron chi connectivity index (χ1n) is 6.71. The van der Waals surface area contributed by atoms with Crippen LogP contribution in [0.2, 0.25) is 0 Å². The number of hydrogen-bond acceptors (Lipinski definition) is 6. The van der Waals surface area contributed by atoms with Crippen molar-refractivity contribution in [3.63, 3.8) is 0 Å². The lowest BCUT2D eigenvalue weighted by atomic mass is 10.3. The molecule has 7 nitrogen and oxygen atoms in total. The van der Waals surface area contributed by atoms with Crippen LogP contribution in [0.5, 0.6) is 5.75 Å². The van der Waals surface area contributed by atoms with Gasteiger partial charge in [-0.25, -0.2) is 9.48 Å². The zero-order chi connectivity index (χ0) is 16.8. The summed E-state index contributed by atoms with van der Waals surface area (Å²) >= 11 is 3.31. The summed E-state index contributed by atoms with van der Waals surface area (Å²) < 4.78 is 11.9. The summed E-state index contributed by atoms with van der Waals surface area (Å²) in [6.07, 6.45) is 0.294. The highest BCUT2D eigenvalue weighted by Crippen LogP contribution is 2.16. The van der Waals surface area contributed by atoms with Gasteiger partial charge in [-0.2, -0.15) is 5.10 Å². The molecule has 8 heteroatoms. The molecule has 1 atom stereocenters. The van der Waals surface area contributed by atoms with Gasteiger partial charge in [-0.05, 0) is 24.3 Å². The number of esters is 1.